The van der Waals surface area contributed by atoms with Crippen molar-refractivity contribution in [1.82, 2.24) is 24.0 Å². The SMILES string of the molecule is C[C@H]1CC[C@@H]2C[C@H](n3c(=O)c(-n4cc(F)c(N)nc4=O)nc4ccccc43)C[C@H]1N2C1C[C@H]2CCC[C@@H](C1)C2. The smallest absolute Gasteiger partial charge is 0.355 e. The quantitative estimate of drug-likeness (QED) is 0.536. The van der Waals surface area contributed by atoms with Crippen molar-refractivity contribution < 1.29 is 4.39 Å². The minimum Gasteiger partial charge on any atom is -0.381 e. The molecular weight excluding hydrogens is 495 g/mol. The lowest BCUT2D eigenvalue weighted by atomic mass is 9.67. The van der Waals surface area contributed by atoms with Crippen molar-refractivity contribution in [1.29, 1.82) is 0 Å². The molecule has 7 rings (SSSR count). The van der Waals surface area contributed by atoms with E-state index in [0.29, 0.717) is 29.6 Å². The maximum absolute atomic E-state index is 14.4. The van der Waals surface area contributed by atoms with Crippen molar-refractivity contribution in [3.8, 4) is 5.82 Å². The van der Waals surface area contributed by atoms with Crippen molar-refractivity contribution >= 4 is 16.9 Å². The van der Waals surface area contributed by atoms with Crippen LogP contribution in [0.4, 0.5) is 10.2 Å². The van der Waals surface area contributed by atoms with Gasteiger partial charge in [-0.05, 0) is 74.8 Å². The van der Waals surface area contributed by atoms with Gasteiger partial charge in [-0.2, -0.15) is 4.98 Å². The zero-order valence-electron chi connectivity index (χ0n) is 22.5. The number of hydrogen-bond donors (Lipinski definition) is 1. The lowest BCUT2D eigenvalue weighted by Gasteiger charge is -2.57. The second-order valence-electron chi connectivity index (χ2n) is 12.6. The van der Waals surface area contributed by atoms with E-state index in [1.807, 2.05) is 28.8 Å². The maximum atomic E-state index is 14.4. The van der Waals surface area contributed by atoms with Crippen LogP contribution in [0.1, 0.15) is 77.2 Å². The molecule has 2 aromatic heterocycles. The third kappa shape index (κ3) is 4.20. The molecule has 2 N–H and O–H groups in total. The Morgan fingerprint density at radius 3 is 2.46 bits per heavy atom. The summed E-state index contributed by atoms with van der Waals surface area (Å²) < 4.78 is 17.1. The Hall–Kier alpha value is -3.07. The van der Waals surface area contributed by atoms with Crippen molar-refractivity contribution in [2.45, 2.75) is 95.3 Å². The second kappa shape index (κ2) is 9.54. The first-order chi connectivity index (χ1) is 18.9. The normalized spacial score (nSPS) is 32.8. The zero-order chi connectivity index (χ0) is 26.8. The van der Waals surface area contributed by atoms with E-state index in [0.717, 1.165) is 47.4 Å². The first kappa shape index (κ1) is 24.9. The maximum Gasteiger partial charge on any atom is 0.355 e. The number of rotatable bonds is 3. The molecule has 9 heteroatoms. The Kier molecular flexibility index (Phi) is 6.10. The molecule has 4 heterocycles. The minimum absolute atomic E-state index is 0.0245. The molecule has 0 amide bonds. The van der Waals surface area contributed by atoms with Crippen LogP contribution in [-0.2, 0) is 0 Å². The molecule has 206 valence electrons. The summed E-state index contributed by atoms with van der Waals surface area (Å²) in [5, 5.41) is 0. The third-order valence-corrected chi connectivity index (χ3v) is 10.3. The molecule has 3 aromatic rings. The van der Waals surface area contributed by atoms with E-state index in [1.165, 1.54) is 44.9 Å². The summed E-state index contributed by atoms with van der Waals surface area (Å²) in [7, 11) is 0. The monoisotopic (exact) mass is 532 g/mol. The molecule has 2 saturated heterocycles. The van der Waals surface area contributed by atoms with Gasteiger partial charge in [0.2, 0.25) is 5.82 Å². The van der Waals surface area contributed by atoms with Gasteiger partial charge in [0.25, 0.3) is 5.56 Å². The largest absolute Gasteiger partial charge is 0.381 e. The molecule has 2 aliphatic carbocycles. The Morgan fingerprint density at radius 2 is 1.67 bits per heavy atom. The highest BCUT2D eigenvalue weighted by atomic mass is 19.1. The number of nitrogen functional groups attached to an aromatic ring is 1. The predicted molar refractivity (Wildman–Crippen MR) is 148 cm³/mol. The Bertz CT molecular complexity index is 1520. The highest BCUT2D eigenvalue weighted by molar-refractivity contribution is 5.75. The Labute approximate surface area is 227 Å². The van der Waals surface area contributed by atoms with Crippen LogP contribution in [0.3, 0.4) is 0 Å². The van der Waals surface area contributed by atoms with Crippen molar-refractivity contribution in [3.63, 3.8) is 0 Å². The fraction of sp³-hybridized carbons (Fsp3) is 0.600. The van der Waals surface area contributed by atoms with E-state index >= 15 is 0 Å². The van der Waals surface area contributed by atoms with E-state index < -0.39 is 22.9 Å². The molecule has 2 saturated carbocycles. The van der Waals surface area contributed by atoms with Gasteiger partial charge in [-0.1, -0.05) is 38.3 Å². The highest BCUT2D eigenvalue weighted by Crippen LogP contribution is 2.48. The standard InChI is InChI=1S/C30H37FN6O2/c1-17-9-10-20-14-22(15-26(17)36(20)21-12-18-5-4-6-19(11-18)13-21)37-25-8-3-2-7-24(25)33-28(29(37)38)35-16-23(31)27(32)34-30(35)39/h2-3,7-8,16-22,26H,4-6,9-15H2,1H3,(H2,32,34,39)/t17-,18-,19+,20+,21?,22-,26+/m0/s1. The van der Waals surface area contributed by atoms with Crippen LogP contribution in [-0.4, -0.2) is 42.1 Å². The van der Waals surface area contributed by atoms with E-state index in [9.17, 15) is 14.0 Å². The molecule has 39 heavy (non-hydrogen) atoms. The summed E-state index contributed by atoms with van der Waals surface area (Å²) in [6.07, 6.45) is 13.3. The van der Waals surface area contributed by atoms with Crippen molar-refractivity contribution in [2.75, 3.05) is 5.73 Å². The van der Waals surface area contributed by atoms with E-state index in [-0.39, 0.29) is 11.9 Å². The van der Waals surface area contributed by atoms with Gasteiger partial charge >= 0.3 is 5.69 Å². The lowest BCUT2D eigenvalue weighted by Crippen LogP contribution is -2.61. The fourth-order valence-corrected chi connectivity index (χ4v) is 8.62. The average molecular weight is 533 g/mol. The van der Waals surface area contributed by atoms with Gasteiger partial charge in [0.1, 0.15) is 0 Å². The molecular formula is C30H37FN6O2. The van der Waals surface area contributed by atoms with Gasteiger partial charge in [0.05, 0.1) is 17.2 Å². The van der Waals surface area contributed by atoms with E-state index in [2.05, 4.69) is 21.8 Å². The summed E-state index contributed by atoms with van der Waals surface area (Å²) in [4.78, 5) is 37.7. The van der Waals surface area contributed by atoms with Crippen LogP contribution in [0.2, 0.25) is 0 Å². The number of fused-ring (bicyclic) bond motifs is 5. The molecule has 0 spiro atoms. The van der Waals surface area contributed by atoms with Gasteiger partial charge in [0, 0.05) is 24.2 Å². The predicted octanol–water partition coefficient (Wildman–Crippen LogP) is 4.44. The van der Waals surface area contributed by atoms with Crippen LogP contribution < -0.4 is 17.0 Å². The van der Waals surface area contributed by atoms with Gasteiger partial charge < -0.3 is 10.3 Å². The third-order valence-electron chi connectivity index (χ3n) is 10.3. The van der Waals surface area contributed by atoms with Crippen LogP contribution in [0, 0.1) is 23.6 Å². The lowest BCUT2D eigenvalue weighted by molar-refractivity contribution is -0.0693. The number of halogens is 1. The van der Waals surface area contributed by atoms with E-state index in [4.69, 9.17) is 5.73 Å². The van der Waals surface area contributed by atoms with Gasteiger partial charge in [-0.3, -0.25) is 9.69 Å². The second-order valence-corrected chi connectivity index (χ2v) is 12.6. The summed E-state index contributed by atoms with van der Waals surface area (Å²) in [6, 6.07) is 9.02. The summed E-state index contributed by atoms with van der Waals surface area (Å²) in [5.41, 5.74) is 5.64. The van der Waals surface area contributed by atoms with Crippen LogP contribution in [0.15, 0.2) is 40.1 Å². The highest BCUT2D eigenvalue weighted by Gasteiger charge is 2.47. The molecule has 1 unspecified atom stereocenters. The molecule has 4 bridgehead atoms. The number of piperidine rings is 2. The van der Waals surface area contributed by atoms with Gasteiger partial charge in [-0.25, -0.2) is 18.7 Å². The molecule has 0 radical (unpaired) electrons. The first-order valence-corrected chi connectivity index (χ1v) is 14.7. The number of nitrogens with zero attached hydrogens (tertiary/aromatic N) is 5. The molecule has 4 aliphatic rings. The van der Waals surface area contributed by atoms with Crippen molar-refractivity contribution in [2.24, 2.45) is 17.8 Å². The summed E-state index contributed by atoms with van der Waals surface area (Å²) in [6.45, 7) is 2.38. The Balaban J connectivity index is 1.30. The summed E-state index contributed by atoms with van der Waals surface area (Å²) in [5.74, 6) is 0.830. The molecule has 7 atom stereocenters. The molecule has 4 fully saturated rings. The topological polar surface area (TPSA) is 99.0 Å². The first-order valence-electron chi connectivity index (χ1n) is 14.7. The number of anilines is 1. The number of benzene rings is 1. The van der Waals surface area contributed by atoms with Gasteiger partial charge in [-0.15, -0.1) is 0 Å². The average Bonchev–Trinajstić information content (AvgIpc) is 2.92. The van der Waals surface area contributed by atoms with Crippen molar-refractivity contribution in [3.05, 3.63) is 57.1 Å². The number of para-hydroxylation sites is 2. The van der Waals surface area contributed by atoms with Crippen LogP contribution in [0.5, 0.6) is 0 Å². The summed E-state index contributed by atoms with van der Waals surface area (Å²) >= 11 is 0. The zero-order valence-corrected chi connectivity index (χ0v) is 22.5. The number of aromatic nitrogens is 4. The van der Waals surface area contributed by atoms with Gasteiger partial charge in [0.15, 0.2) is 11.6 Å². The van der Waals surface area contributed by atoms with Crippen LogP contribution >= 0.6 is 0 Å². The minimum atomic E-state index is -0.857. The number of hydrogen-bond acceptors (Lipinski definition) is 6. The molecule has 1 aromatic carbocycles. The fourth-order valence-electron chi connectivity index (χ4n) is 8.62. The number of nitrogens with two attached hydrogens (primary N) is 1. The van der Waals surface area contributed by atoms with Crippen LogP contribution in [0.25, 0.3) is 16.9 Å². The Morgan fingerprint density at radius 1 is 0.897 bits per heavy atom. The van der Waals surface area contributed by atoms with E-state index in [1.54, 1.807) is 0 Å². The molecule has 2 aliphatic heterocycles. The molecule has 8 nitrogen and oxygen atoms in total.